The van der Waals surface area contributed by atoms with Crippen molar-refractivity contribution in [2.45, 2.75) is 24.1 Å². The van der Waals surface area contributed by atoms with Crippen LogP contribution in [-0.4, -0.2) is 38.0 Å². The van der Waals surface area contributed by atoms with Gasteiger partial charge in [0, 0.05) is 10.2 Å². The van der Waals surface area contributed by atoms with E-state index in [1.807, 2.05) is 0 Å². The molecule has 0 aliphatic carbocycles. The number of nitrogens with zero attached hydrogens (tertiary/aromatic N) is 2. The lowest BCUT2D eigenvalue weighted by atomic mass is 10.2. The summed E-state index contributed by atoms with van der Waals surface area (Å²) >= 11 is 3.30. The summed E-state index contributed by atoms with van der Waals surface area (Å²) in [5.74, 6) is -1.21. The highest BCUT2D eigenvalue weighted by Gasteiger charge is 2.26. The number of aryl methyl sites for hydroxylation is 1. The number of hydrogen-bond donors (Lipinski definition) is 4. The SMILES string of the molecule is Cc1cc(N)c(S(=O)(=O)Cc2ccccc2Br)c(=O)n1CC(=O)NCCON=C(N)N. The molecular formula is C18H23BrN6O5S. The Morgan fingerprint density at radius 2 is 1.97 bits per heavy atom. The summed E-state index contributed by atoms with van der Waals surface area (Å²) in [5.41, 5.74) is 15.9. The highest BCUT2D eigenvalue weighted by Crippen LogP contribution is 2.24. The summed E-state index contributed by atoms with van der Waals surface area (Å²) in [6.45, 7) is 1.23. The van der Waals surface area contributed by atoms with Gasteiger partial charge in [0.1, 0.15) is 13.2 Å². The van der Waals surface area contributed by atoms with Crippen molar-refractivity contribution >= 4 is 43.3 Å². The fourth-order valence-electron chi connectivity index (χ4n) is 2.73. The van der Waals surface area contributed by atoms with Crippen LogP contribution in [0.15, 0.2) is 49.7 Å². The Balaban J connectivity index is 2.25. The Morgan fingerprint density at radius 1 is 1.29 bits per heavy atom. The molecule has 31 heavy (non-hydrogen) atoms. The molecule has 0 aliphatic heterocycles. The van der Waals surface area contributed by atoms with Crippen LogP contribution in [0.4, 0.5) is 5.69 Å². The molecule has 0 saturated carbocycles. The molecule has 0 aliphatic rings. The number of pyridine rings is 1. The van der Waals surface area contributed by atoms with E-state index in [9.17, 15) is 18.0 Å². The van der Waals surface area contributed by atoms with Gasteiger partial charge in [0.25, 0.3) is 5.56 Å². The number of carbonyl (C=O) groups excluding carboxylic acids is 1. The lowest BCUT2D eigenvalue weighted by molar-refractivity contribution is -0.122. The van der Waals surface area contributed by atoms with Crippen LogP contribution in [0, 0.1) is 6.92 Å². The number of guanidine groups is 1. The lowest BCUT2D eigenvalue weighted by Crippen LogP contribution is -2.37. The van der Waals surface area contributed by atoms with E-state index < -0.39 is 38.5 Å². The maximum Gasteiger partial charge on any atom is 0.272 e. The maximum absolute atomic E-state index is 13.0. The summed E-state index contributed by atoms with van der Waals surface area (Å²) in [6.07, 6.45) is 0. The summed E-state index contributed by atoms with van der Waals surface area (Å²) in [7, 11) is -4.08. The number of nitrogens with one attached hydrogen (secondary N) is 1. The fraction of sp³-hybridized carbons (Fsp3) is 0.278. The van der Waals surface area contributed by atoms with E-state index in [4.69, 9.17) is 22.0 Å². The third-order valence-corrected chi connectivity index (χ3v) is 6.59. The van der Waals surface area contributed by atoms with Crippen molar-refractivity contribution in [2.75, 3.05) is 18.9 Å². The second-order valence-electron chi connectivity index (χ2n) is 6.51. The number of carbonyl (C=O) groups is 1. The number of amides is 1. The molecule has 1 aromatic heterocycles. The largest absolute Gasteiger partial charge is 0.397 e. The van der Waals surface area contributed by atoms with Crippen molar-refractivity contribution in [2.24, 2.45) is 16.6 Å². The smallest absolute Gasteiger partial charge is 0.272 e. The summed E-state index contributed by atoms with van der Waals surface area (Å²) in [4.78, 5) is 29.4. The molecular weight excluding hydrogens is 492 g/mol. The zero-order valence-electron chi connectivity index (χ0n) is 16.7. The van der Waals surface area contributed by atoms with Gasteiger partial charge in [-0.05, 0) is 29.8 Å². The first-order valence-corrected chi connectivity index (χ1v) is 11.4. The maximum atomic E-state index is 13.0. The predicted octanol–water partition coefficient (Wildman–Crippen LogP) is -0.203. The molecule has 0 unspecified atom stereocenters. The molecule has 0 bridgehead atoms. The molecule has 1 aromatic carbocycles. The molecule has 0 atom stereocenters. The minimum absolute atomic E-state index is 0.00480. The van der Waals surface area contributed by atoms with Gasteiger partial charge < -0.3 is 31.9 Å². The van der Waals surface area contributed by atoms with E-state index >= 15 is 0 Å². The Bertz CT molecular complexity index is 1160. The van der Waals surface area contributed by atoms with Gasteiger partial charge in [0.05, 0.1) is 18.0 Å². The third-order valence-electron chi connectivity index (χ3n) is 4.09. The number of nitrogen functional groups attached to an aromatic ring is 1. The van der Waals surface area contributed by atoms with E-state index in [0.717, 1.165) is 4.57 Å². The Labute approximate surface area is 187 Å². The number of anilines is 1. The fourth-order valence-corrected chi connectivity index (χ4v) is 4.94. The number of rotatable bonds is 9. The predicted molar refractivity (Wildman–Crippen MR) is 120 cm³/mol. The molecule has 168 valence electrons. The second-order valence-corrected chi connectivity index (χ2v) is 9.29. The topological polar surface area (TPSA) is 185 Å². The van der Waals surface area contributed by atoms with Crippen molar-refractivity contribution in [1.29, 1.82) is 0 Å². The Hall–Kier alpha value is -3.06. The molecule has 0 fully saturated rings. The lowest BCUT2D eigenvalue weighted by Gasteiger charge is -2.15. The van der Waals surface area contributed by atoms with Crippen LogP contribution in [0.5, 0.6) is 0 Å². The van der Waals surface area contributed by atoms with Gasteiger partial charge in [0.15, 0.2) is 14.7 Å². The van der Waals surface area contributed by atoms with Crippen LogP contribution in [-0.2, 0) is 31.8 Å². The second kappa shape index (κ2) is 10.3. The van der Waals surface area contributed by atoms with Crippen LogP contribution < -0.4 is 28.1 Å². The minimum atomic E-state index is -4.08. The molecule has 11 nitrogen and oxygen atoms in total. The van der Waals surface area contributed by atoms with Crippen LogP contribution in [0.25, 0.3) is 0 Å². The zero-order chi connectivity index (χ0) is 23.2. The molecule has 1 amide bonds. The number of hydrogen-bond acceptors (Lipinski definition) is 7. The first-order valence-electron chi connectivity index (χ1n) is 8.96. The van der Waals surface area contributed by atoms with Crippen LogP contribution in [0.3, 0.4) is 0 Å². The highest BCUT2D eigenvalue weighted by molar-refractivity contribution is 9.10. The van der Waals surface area contributed by atoms with Crippen molar-refractivity contribution in [3.63, 3.8) is 0 Å². The number of oxime groups is 1. The van der Waals surface area contributed by atoms with E-state index in [2.05, 4.69) is 26.4 Å². The van der Waals surface area contributed by atoms with Gasteiger partial charge in [-0.2, -0.15) is 0 Å². The summed E-state index contributed by atoms with van der Waals surface area (Å²) in [6, 6.07) is 8.11. The average Bonchev–Trinajstić information content (AvgIpc) is 2.66. The zero-order valence-corrected chi connectivity index (χ0v) is 19.1. The quantitative estimate of drug-likeness (QED) is 0.153. The van der Waals surface area contributed by atoms with Crippen LogP contribution >= 0.6 is 15.9 Å². The van der Waals surface area contributed by atoms with E-state index in [-0.39, 0.29) is 24.8 Å². The number of benzene rings is 1. The van der Waals surface area contributed by atoms with Gasteiger partial charge >= 0.3 is 0 Å². The first-order chi connectivity index (χ1) is 14.5. The van der Waals surface area contributed by atoms with Crippen molar-refractivity contribution < 1.29 is 18.0 Å². The molecule has 13 heteroatoms. The highest BCUT2D eigenvalue weighted by atomic mass is 79.9. The van der Waals surface area contributed by atoms with Crippen LogP contribution in [0.2, 0.25) is 0 Å². The van der Waals surface area contributed by atoms with E-state index in [0.29, 0.717) is 15.7 Å². The standard InChI is InChI=1S/C18H23BrN6O5S/c1-11-8-14(20)16(31(28,29)10-12-4-2-3-5-13(12)19)17(27)25(11)9-15(26)23-6-7-30-24-18(21)22/h2-5,8H,6-7,9-10,20H2,1H3,(H,23,26)(H4,21,22,24). The van der Waals surface area contributed by atoms with Gasteiger partial charge in [-0.15, -0.1) is 0 Å². The molecule has 0 saturated heterocycles. The van der Waals surface area contributed by atoms with Gasteiger partial charge in [-0.25, -0.2) is 8.42 Å². The molecule has 0 spiro atoms. The van der Waals surface area contributed by atoms with Crippen molar-refractivity contribution in [3.8, 4) is 0 Å². The average molecular weight is 515 g/mol. The third kappa shape index (κ3) is 6.46. The monoisotopic (exact) mass is 514 g/mol. The number of nitrogens with two attached hydrogens (primary N) is 3. The summed E-state index contributed by atoms with van der Waals surface area (Å²) in [5, 5.41) is 5.82. The number of aromatic nitrogens is 1. The van der Waals surface area contributed by atoms with Gasteiger partial charge in [-0.1, -0.05) is 34.1 Å². The molecule has 1 heterocycles. The van der Waals surface area contributed by atoms with E-state index in [1.165, 1.54) is 6.07 Å². The first kappa shape index (κ1) is 24.2. The molecule has 7 N–H and O–H groups in total. The normalized spacial score (nSPS) is 11.0. The van der Waals surface area contributed by atoms with Crippen molar-refractivity contribution in [3.05, 3.63) is 56.4 Å². The van der Waals surface area contributed by atoms with Gasteiger partial charge in [-0.3, -0.25) is 9.59 Å². The van der Waals surface area contributed by atoms with Crippen LogP contribution in [0.1, 0.15) is 11.3 Å². The van der Waals surface area contributed by atoms with Gasteiger partial charge in [0.2, 0.25) is 11.9 Å². The number of sulfone groups is 1. The summed E-state index contributed by atoms with van der Waals surface area (Å²) < 4.78 is 27.6. The van der Waals surface area contributed by atoms with Crippen molar-refractivity contribution in [1.82, 2.24) is 9.88 Å². The molecule has 2 aromatic rings. The Kier molecular flexibility index (Phi) is 8.05. The van der Waals surface area contributed by atoms with E-state index in [1.54, 1.807) is 31.2 Å². The molecule has 2 rings (SSSR count). The molecule has 0 radical (unpaired) electrons. The Morgan fingerprint density at radius 3 is 2.61 bits per heavy atom. The minimum Gasteiger partial charge on any atom is -0.397 e. The number of halogens is 1.